The predicted octanol–water partition coefficient (Wildman–Crippen LogP) is 3.08. The molecular formula is C23H27F2N3O3. The minimum absolute atomic E-state index is 0.101. The van der Waals surface area contributed by atoms with Crippen LogP contribution in [-0.2, 0) is 16.0 Å². The van der Waals surface area contributed by atoms with E-state index >= 15 is 0 Å². The van der Waals surface area contributed by atoms with Gasteiger partial charge in [-0.1, -0.05) is 12.1 Å². The molecule has 0 aromatic heterocycles. The quantitative estimate of drug-likeness (QED) is 0.732. The van der Waals surface area contributed by atoms with Crippen molar-refractivity contribution in [3.63, 3.8) is 0 Å². The minimum atomic E-state index is -1.00. The number of halogens is 2. The van der Waals surface area contributed by atoms with Gasteiger partial charge in [0.25, 0.3) is 0 Å². The van der Waals surface area contributed by atoms with E-state index in [1.165, 1.54) is 6.07 Å². The second kappa shape index (κ2) is 10.9. The molecule has 0 aliphatic carbocycles. The second-order valence-electron chi connectivity index (χ2n) is 7.54. The summed E-state index contributed by atoms with van der Waals surface area (Å²) in [6, 6.07) is 10.9. The third kappa shape index (κ3) is 6.75. The Hall–Kier alpha value is -3.00. The first kappa shape index (κ1) is 22.7. The molecule has 1 N–H and O–H groups in total. The summed E-state index contributed by atoms with van der Waals surface area (Å²) in [6.45, 7) is 2.61. The zero-order valence-corrected chi connectivity index (χ0v) is 17.6. The van der Waals surface area contributed by atoms with Gasteiger partial charge in [-0.25, -0.2) is 8.78 Å². The van der Waals surface area contributed by atoms with Crippen LogP contribution >= 0.6 is 0 Å². The highest BCUT2D eigenvalue weighted by molar-refractivity contribution is 5.92. The molecule has 1 aliphatic rings. The summed E-state index contributed by atoms with van der Waals surface area (Å²) < 4.78 is 31.4. The van der Waals surface area contributed by atoms with Crippen LogP contribution in [0.5, 0.6) is 5.75 Å². The summed E-state index contributed by atoms with van der Waals surface area (Å²) >= 11 is 0. The van der Waals surface area contributed by atoms with Gasteiger partial charge in [0.05, 0.1) is 13.7 Å². The Morgan fingerprint density at radius 2 is 1.77 bits per heavy atom. The summed E-state index contributed by atoms with van der Waals surface area (Å²) in [5.41, 5.74) is 1.30. The van der Waals surface area contributed by atoms with Gasteiger partial charge in [0, 0.05) is 44.4 Å². The predicted molar refractivity (Wildman–Crippen MR) is 114 cm³/mol. The van der Waals surface area contributed by atoms with Crippen LogP contribution < -0.4 is 10.1 Å². The number of aryl methyl sites for hydroxylation is 1. The summed E-state index contributed by atoms with van der Waals surface area (Å²) in [4.78, 5) is 28.7. The maximum atomic E-state index is 13.3. The van der Waals surface area contributed by atoms with Gasteiger partial charge in [0.1, 0.15) is 5.75 Å². The van der Waals surface area contributed by atoms with Crippen LogP contribution in [0.3, 0.4) is 0 Å². The van der Waals surface area contributed by atoms with Crippen LogP contribution in [0.1, 0.15) is 18.4 Å². The van der Waals surface area contributed by atoms with Gasteiger partial charge in [-0.05, 0) is 42.7 Å². The Kier molecular flexibility index (Phi) is 7.94. The van der Waals surface area contributed by atoms with Crippen molar-refractivity contribution in [3.05, 3.63) is 59.7 Å². The number of amides is 2. The number of rotatable bonds is 7. The number of nitrogens with zero attached hydrogens (tertiary/aromatic N) is 2. The topological polar surface area (TPSA) is 61.9 Å². The molecule has 6 nitrogen and oxygen atoms in total. The maximum Gasteiger partial charge on any atom is 0.238 e. The Labute approximate surface area is 180 Å². The molecule has 3 rings (SSSR count). The van der Waals surface area contributed by atoms with Gasteiger partial charge < -0.3 is 15.0 Å². The number of hydrogen-bond donors (Lipinski definition) is 1. The van der Waals surface area contributed by atoms with E-state index in [1.54, 1.807) is 7.11 Å². The number of carbonyl (C=O) groups excluding carboxylic acids is 2. The Balaban J connectivity index is 1.43. The average molecular weight is 431 g/mol. The van der Waals surface area contributed by atoms with Crippen molar-refractivity contribution < 1.29 is 23.1 Å². The van der Waals surface area contributed by atoms with Crippen molar-refractivity contribution in [1.29, 1.82) is 0 Å². The highest BCUT2D eigenvalue weighted by Gasteiger charge is 2.20. The van der Waals surface area contributed by atoms with Crippen molar-refractivity contribution in [2.75, 3.05) is 45.2 Å². The molecule has 1 saturated heterocycles. The van der Waals surface area contributed by atoms with Gasteiger partial charge in [0.15, 0.2) is 11.6 Å². The van der Waals surface area contributed by atoms with Gasteiger partial charge in [-0.15, -0.1) is 0 Å². The lowest BCUT2D eigenvalue weighted by molar-refractivity contribution is -0.131. The van der Waals surface area contributed by atoms with Crippen LogP contribution in [0.15, 0.2) is 42.5 Å². The second-order valence-corrected chi connectivity index (χ2v) is 7.54. The first-order valence-corrected chi connectivity index (χ1v) is 10.3. The molecule has 0 atom stereocenters. The summed E-state index contributed by atoms with van der Waals surface area (Å²) in [7, 11) is 1.62. The van der Waals surface area contributed by atoms with E-state index < -0.39 is 11.6 Å². The van der Waals surface area contributed by atoms with Crippen LogP contribution in [0.25, 0.3) is 0 Å². The monoisotopic (exact) mass is 431 g/mol. The molecular weight excluding hydrogens is 404 g/mol. The normalized spacial score (nSPS) is 14.7. The summed E-state index contributed by atoms with van der Waals surface area (Å²) in [6.07, 6.45) is 1.87. The SMILES string of the molecule is COc1ccc(CCC(=O)N2CCCN(CC(=O)Nc3ccc(F)c(F)c3)CC2)cc1. The average Bonchev–Trinajstić information content (AvgIpc) is 3.00. The molecule has 31 heavy (non-hydrogen) atoms. The fraction of sp³-hybridized carbons (Fsp3) is 0.391. The molecule has 166 valence electrons. The fourth-order valence-corrected chi connectivity index (χ4v) is 3.56. The maximum absolute atomic E-state index is 13.3. The zero-order valence-electron chi connectivity index (χ0n) is 17.6. The molecule has 1 fully saturated rings. The van der Waals surface area contributed by atoms with Crippen molar-refractivity contribution >= 4 is 17.5 Å². The summed E-state index contributed by atoms with van der Waals surface area (Å²) in [5.74, 6) is -1.37. The van der Waals surface area contributed by atoms with Gasteiger partial charge in [-0.2, -0.15) is 0 Å². The van der Waals surface area contributed by atoms with E-state index in [0.717, 1.165) is 29.9 Å². The number of methoxy groups -OCH3 is 1. The number of carbonyl (C=O) groups is 2. The van der Waals surface area contributed by atoms with Gasteiger partial charge in [-0.3, -0.25) is 14.5 Å². The van der Waals surface area contributed by atoms with E-state index in [1.807, 2.05) is 34.1 Å². The number of anilines is 1. The van der Waals surface area contributed by atoms with E-state index in [-0.39, 0.29) is 24.0 Å². The Morgan fingerprint density at radius 1 is 1.00 bits per heavy atom. The van der Waals surface area contributed by atoms with E-state index in [2.05, 4.69) is 5.32 Å². The molecule has 2 aromatic carbocycles. The van der Waals surface area contributed by atoms with Crippen LogP contribution in [0.2, 0.25) is 0 Å². The minimum Gasteiger partial charge on any atom is -0.497 e. The molecule has 8 heteroatoms. The smallest absolute Gasteiger partial charge is 0.238 e. The zero-order chi connectivity index (χ0) is 22.2. The molecule has 0 bridgehead atoms. The number of nitrogens with one attached hydrogen (secondary N) is 1. The van der Waals surface area contributed by atoms with Crippen LogP contribution in [0, 0.1) is 11.6 Å². The largest absolute Gasteiger partial charge is 0.497 e. The third-order valence-electron chi connectivity index (χ3n) is 5.30. The Bertz CT molecular complexity index is 905. The lowest BCUT2D eigenvalue weighted by Gasteiger charge is -2.22. The van der Waals surface area contributed by atoms with E-state index in [4.69, 9.17) is 4.74 Å². The van der Waals surface area contributed by atoms with Crippen molar-refractivity contribution in [3.8, 4) is 5.75 Å². The molecule has 2 amide bonds. The van der Waals surface area contributed by atoms with Crippen molar-refractivity contribution in [1.82, 2.24) is 9.80 Å². The molecule has 0 spiro atoms. The molecule has 0 unspecified atom stereocenters. The van der Waals surface area contributed by atoms with Crippen molar-refractivity contribution in [2.45, 2.75) is 19.3 Å². The van der Waals surface area contributed by atoms with Gasteiger partial charge >= 0.3 is 0 Å². The van der Waals surface area contributed by atoms with E-state index in [0.29, 0.717) is 39.0 Å². The highest BCUT2D eigenvalue weighted by atomic mass is 19.2. The highest BCUT2D eigenvalue weighted by Crippen LogP contribution is 2.15. The van der Waals surface area contributed by atoms with Crippen LogP contribution in [-0.4, -0.2) is 61.4 Å². The molecule has 1 aliphatic heterocycles. The molecule has 1 heterocycles. The number of hydrogen-bond acceptors (Lipinski definition) is 4. The molecule has 0 saturated carbocycles. The van der Waals surface area contributed by atoms with Crippen LogP contribution in [0.4, 0.5) is 14.5 Å². The standard InChI is InChI=1S/C23H27F2N3O3/c1-31-19-7-3-17(4-8-19)5-10-23(30)28-12-2-11-27(13-14-28)16-22(29)26-18-6-9-20(24)21(25)15-18/h3-4,6-9,15H,2,5,10-14,16H2,1H3,(H,26,29). The molecule has 2 aromatic rings. The third-order valence-corrected chi connectivity index (χ3v) is 5.30. The lowest BCUT2D eigenvalue weighted by atomic mass is 10.1. The summed E-state index contributed by atoms with van der Waals surface area (Å²) in [5, 5.41) is 2.58. The first-order chi connectivity index (χ1) is 14.9. The lowest BCUT2D eigenvalue weighted by Crippen LogP contribution is -2.38. The molecule has 0 radical (unpaired) electrons. The first-order valence-electron chi connectivity index (χ1n) is 10.3. The Morgan fingerprint density at radius 3 is 2.48 bits per heavy atom. The number of benzene rings is 2. The van der Waals surface area contributed by atoms with E-state index in [9.17, 15) is 18.4 Å². The number of ether oxygens (including phenoxy) is 1. The van der Waals surface area contributed by atoms with Crippen molar-refractivity contribution in [2.24, 2.45) is 0 Å². The fourth-order valence-electron chi connectivity index (χ4n) is 3.56. The van der Waals surface area contributed by atoms with Gasteiger partial charge in [0.2, 0.25) is 11.8 Å².